The largest absolute Gasteiger partial charge is 0.369 e. The van der Waals surface area contributed by atoms with Gasteiger partial charge in [0.05, 0.1) is 12.6 Å². The minimum absolute atomic E-state index is 0.0136. The second-order valence-electron chi connectivity index (χ2n) is 5.13. The van der Waals surface area contributed by atoms with Crippen molar-refractivity contribution in [1.29, 1.82) is 0 Å². The van der Waals surface area contributed by atoms with E-state index in [0.29, 0.717) is 6.10 Å². The highest BCUT2D eigenvalue weighted by Crippen LogP contribution is 2.36. The number of halogens is 1. The van der Waals surface area contributed by atoms with Crippen LogP contribution in [0.2, 0.25) is 0 Å². The number of rotatable bonds is 3. The smallest absolute Gasteiger partial charge is 0.140 e. The number of nitrogens with zero attached hydrogens (tertiary/aromatic N) is 1. The molecular formula is C15H19BrN2O. The number of aliphatic imine (C=N–C) groups is 1. The molecule has 3 nitrogen and oxygen atoms in total. The van der Waals surface area contributed by atoms with Gasteiger partial charge in [-0.1, -0.05) is 41.4 Å². The molecule has 0 spiro atoms. The first-order valence-corrected chi connectivity index (χ1v) is 7.80. The van der Waals surface area contributed by atoms with Gasteiger partial charge in [-0.3, -0.25) is 4.99 Å². The molecule has 0 aromatic heterocycles. The average molecular weight is 323 g/mol. The topological polar surface area (TPSA) is 33.6 Å². The molecule has 1 N–H and O–H groups in total. The third-order valence-corrected chi connectivity index (χ3v) is 4.50. The Kier molecular flexibility index (Phi) is 3.89. The van der Waals surface area contributed by atoms with Crippen molar-refractivity contribution in [3.63, 3.8) is 0 Å². The van der Waals surface area contributed by atoms with Gasteiger partial charge in [0.1, 0.15) is 11.9 Å². The van der Waals surface area contributed by atoms with Crippen LogP contribution < -0.4 is 5.32 Å². The van der Waals surface area contributed by atoms with E-state index < -0.39 is 0 Å². The molecule has 1 aromatic rings. The fourth-order valence-electron chi connectivity index (χ4n) is 2.87. The predicted octanol–water partition coefficient (Wildman–Crippen LogP) is 3.23. The third-order valence-electron chi connectivity index (χ3n) is 3.76. The van der Waals surface area contributed by atoms with Crippen LogP contribution in [0, 0.1) is 0 Å². The monoisotopic (exact) mass is 322 g/mol. The SMILES string of the molecule is CCC[C@@H]1Cc2c(Br)cccc2C(C2=NCCN2)O1. The molecule has 0 saturated heterocycles. The van der Waals surface area contributed by atoms with Crippen molar-refractivity contribution >= 4 is 21.8 Å². The molecule has 0 saturated carbocycles. The zero-order chi connectivity index (χ0) is 13.2. The van der Waals surface area contributed by atoms with Crippen molar-refractivity contribution in [1.82, 2.24) is 5.32 Å². The van der Waals surface area contributed by atoms with Gasteiger partial charge in [0, 0.05) is 17.4 Å². The summed E-state index contributed by atoms with van der Waals surface area (Å²) in [5.74, 6) is 1.00. The molecule has 1 unspecified atom stereocenters. The molecule has 2 atom stereocenters. The first kappa shape index (κ1) is 13.1. The normalized spacial score (nSPS) is 25.7. The van der Waals surface area contributed by atoms with Crippen LogP contribution in [0.3, 0.4) is 0 Å². The summed E-state index contributed by atoms with van der Waals surface area (Å²) in [7, 11) is 0. The highest BCUT2D eigenvalue weighted by atomic mass is 79.9. The summed E-state index contributed by atoms with van der Waals surface area (Å²) < 4.78 is 7.47. The Bertz CT molecular complexity index is 501. The van der Waals surface area contributed by atoms with Crippen molar-refractivity contribution < 1.29 is 4.74 Å². The minimum atomic E-state index is -0.0136. The second kappa shape index (κ2) is 5.63. The van der Waals surface area contributed by atoms with Crippen molar-refractivity contribution in [2.75, 3.05) is 13.1 Å². The average Bonchev–Trinajstić information content (AvgIpc) is 2.93. The Morgan fingerprint density at radius 3 is 3.11 bits per heavy atom. The van der Waals surface area contributed by atoms with Crippen LogP contribution in [0.5, 0.6) is 0 Å². The molecule has 3 rings (SSSR count). The molecule has 19 heavy (non-hydrogen) atoms. The van der Waals surface area contributed by atoms with Crippen LogP contribution >= 0.6 is 15.9 Å². The van der Waals surface area contributed by atoms with Gasteiger partial charge in [-0.2, -0.15) is 0 Å². The number of benzene rings is 1. The molecule has 1 aromatic carbocycles. The highest BCUT2D eigenvalue weighted by molar-refractivity contribution is 9.10. The maximum atomic E-state index is 6.28. The summed E-state index contributed by atoms with van der Waals surface area (Å²) in [6.45, 7) is 3.99. The van der Waals surface area contributed by atoms with Crippen LogP contribution in [0.15, 0.2) is 27.7 Å². The molecule has 2 aliphatic heterocycles. The lowest BCUT2D eigenvalue weighted by Gasteiger charge is -2.33. The van der Waals surface area contributed by atoms with Crippen LogP contribution in [0.25, 0.3) is 0 Å². The Morgan fingerprint density at radius 2 is 2.37 bits per heavy atom. The molecule has 0 aliphatic carbocycles. The van der Waals surface area contributed by atoms with Crippen LogP contribution in [0.4, 0.5) is 0 Å². The van der Waals surface area contributed by atoms with Crippen LogP contribution in [-0.2, 0) is 11.2 Å². The maximum Gasteiger partial charge on any atom is 0.140 e. The molecule has 0 amide bonds. The zero-order valence-electron chi connectivity index (χ0n) is 11.2. The van der Waals surface area contributed by atoms with Crippen LogP contribution in [0.1, 0.15) is 37.0 Å². The van der Waals surface area contributed by atoms with Gasteiger partial charge < -0.3 is 10.1 Å². The zero-order valence-corrected chi connectivity index (χ0v) is 12.7. The van der Waals surface area contributed by atoms with E-state index in [1.165, 1.54) is 15.6 Å². The van der Waals surface area contributed by atoms with E-state index in [0.717, 1.165) is 38.2 Å². The number of hydrogen-bond acceptors (Lipinski definition) is 3. The van der Waals surface area contributed by atoms with E-state index in [4.69, 9.17) is 4.74 Å². The first-order valence-electron chi connectivity index (χ1n) is 7.00. The van der Waals surface area contributed by atoms with Gasteiger partial charge in [-0.15, -0.1) is 0 Å². The van der Waals surface area contributed by atoms with Gasteiger partial charge in [0.2, 0.25) is 0 Å². The summed E-state index contributed by atoms with van der Waals surface area (Å²) in [5.41, 5.74) is 2.64. The number of amidine groups is 1. The highest BCUT2D eigenvalue weighted by Gasteiger charge is 2.32. The quantitative estimate of drug-likeness (QED) is 0.926. The van der Waals surface area contributed by atoms with Gasteiger partial charge in [-0.25, -0.2) is 0 Å². The third kappa shape index (κ3) is 2.56. The fourth-order valence-corrected chi connectivity index (χ4v) is 3.42. The summed E-state index contributed by atoms with van der Waals surface area (Å²) >= 11 is 3.68. The van der Waals surface area contributed by atoms with Gasteiger partial charge in [0.15, 0.2) is 0 Å². The summed E-state index contributed by atoms with van der Waals surface area (Å²) in [5, 5.41) is 3.36. The molecule has 0 bridgehead atoms. The van der Waals surface area contributed by atoms with Crippen molar-refractivity contribution in [2.24, 2.45) is 4.99 Å². The lowest BCUT2D eigenvalue weighted by Crippen LogP contribution is -2.35. The van der Waals surface area contributed by atoms with Gasteiger partial charge in [0.25, 0.3) is 0 Å². The Balaban J connectivity index is 1.97. The minimum Gasteiger partial charge on any atom is -0.369 e. The lowest BCUT2D eigenvalue weighted by molar-refractivity contribution is 0.00386. The standard InChI is InChI=1S/C15H19BrN2O/c1-2-4-10-9-12-11(5-3-6-13(12)16)14(19-10)15-17-7-8-18-15/h3,5-6,10,14H,2,4,7-9H2,1H3,(H,17,18)/t10-,14?/m1/s1. The number of hydrogen-bond donors (Lipinski definition) is 1. The summed E-state index contributed by atoms with van der Waals surface area (Å²) in [4.78, 5) is 4.55. The number of fused-ring (bicyclic) bond motifs is 1. The molecule has 0 radical (unpaired) electrons. The molecule has 2 heterocycles. The summed E-state index contributed by atoms with van der Waals surface area (Å²) in [6, 6.07) is 6.36. The van der Waals surface area contributed by atoms with E-state index in [1.807, 2.05) is 0 Å². The van der Waals surface area contributed by atoms with Crippen molar-refractivity contribution in [3.8, 4) is 0 Å². The molecule has 102 valence electrons. The van der Waals surface area contributed by atoms with Gasteiger partial charge >= 0.3 is 0 Å². The molecule has 0 fully saturated rings. The first-order chi connectivity index (χ1) is 9.29. The fraction of sp³-hybridized carbons (Fsp3) is 0.533. The van der Waals surface area contributed by atoms with E-state index in [9.17, 15) is 0 Å². The maximum absolute atomic E-state index is 6.28. The van der Waals surface area contributed by atoms with E-state index in [2.05, 4.69) is 51.4 Å². The Morgan fingerprint density at radius 1 is 1.47 bits per heavy atom. The van der Waals surface area contributed by atoms with Crippen LogP contribution in [-0.4, -0.2) is 25.0 Å². The van der Waals surface area contributed by atoms with Crippen molar-refractivity contribution in [3.05, 3.63) is 33.8 Å². The number of nitrogens with one attached hydrogen (secondary N) is 1. The molecular weight excluding hydrogens is 304 g/mol. The predicted molar refractivity (Wildman–Crippen MR) is 80.7 cm³/mol. The number of ether oxygens (including phenoxy) is 1. The summed E-state index contributed by atoms with van der Waals surface area (Å²) in [6.07, 6.45) is 3.53. The van der Waals surface area contributed by atoms with E-state index in [-0.39, 0.29) is 6.10 Å². The lowest BCUT2D eigenvalue weighted by atomic mass is 9.92. The Labute approximate surface area is 122 Å². The van der Waals surface area contributed by atoms with Crippen molar-refractivity contribution in [2.45, 2.75) is 38.4 Å². The molecule has 4 heteroatoms. The molecule has 2 aliphatic rings. The van der Waals surface area contributed by atoms with E-state index >= 15 is 0 Å². The van der Waals surface area contributed by atoms with E-state index in [1.54, 1.807) is 0 Å². The van der Waals surface area contributed by atoms with Gasteiger partial charge in [-0.05, 0) is 23.6 Å². The second-order valence-corrected chi connectivity index (χ2v) is 5.99. The Hall–Kier alpha value is -0.870.